The number of carboxylic acid groups (broad SMARTS) is 2. The molecule has 1 amide bonds. The molecule has 0 aromatic heterocycles. The van der Waals surface area contributed by atoms with Gasteiger partial charge in [0.25, 0.3) is 0 Å². The van der Waals surface area contributed by atoms with E-state index in [1.807, 2.05) is 30.3 Å². The summed E-state index contributed by atoms with van der Waals surface area (Å²) in [5.74, 6) is -3.21. The molecule has 2 aromatic rings. The summed E-state index contributed by atoms with van der Waals surface area (Å²) < 4.78 is 0. The fourth-order valence-corrected chi connectivity index (χ4v) is 4.76. The predicted octanol–water partition coefficient (Wildman–Crippen LogP) is 3.41. The van der Waals surface area contributed by atoms with E-state index in [0.29, 0.717) is 24.0 Å². The molecular weight excluding hydrogens is 422 g/mol. The molecule has 3 rings (SSSR count). The van der Waals surface area contributed by atoms with Gasteiger partial charge in [0.05, 0.1) is 11.3 Å². The van der Waals surface area contributed by atoms with Crippen LogP contribution in [0.1, 0.15) is 56.4 Å². The van der Waals surface area contributed by atoms with Crippen LogP contribution in [0.2, 0.25) is 0 Å². The Hall–Kier alpha value is -3.19. The Balaban J connectivity index is 1.72. The van der Waals surface area contributed by atoms with Gasteiger partial charge in [-0.2, -0.15) is 0 Å². The van der Waals surface area contributed by atoms with Crippen LogP contribution in [0.4, 0.5) is 0 Å². The van der Waals surface area contributed by atoms with Crippen LogP contribution in [0.25, 0.3) is 0 Å². The van der Waals surface area contributed by atoms with Gasteiger partial charge in [-0.05, 0) is 34.9 Å². The largest absolute Gasteiger partial charge is 0.481 e. The van der Waals surface area contributed by atoms with Gasteiger partial charge < -0.3 is 20.6 Å². The Morgan fingerprint density at radius 1 is 0.970 bits per heavy atom. The van der Waals surface area contributed by atoms with Crippen LogP contribution in [-0.2, 0) is 20.8 Å². The van der Waals surface area contributed by atoms with Crippen molar-refractivity contribution in [2.75, 3.05) is 0 Å². The number of hydrogen-bond acceptors (Lipinski definition) is 4. The molecule has 1 aliphatic rings. The van der Waals surface area contributed by atoms with E-state index < -0.39 is 46.7 Å². The van der Waals surface area contributed by atoms with E-state index in [-0.39, 0.29) is 6.42 Å². The van der Waals surface area contributed by atoms with Gasteiger partial charge in [-0.25, -0.2) is 4.79 Å². The van der Waals surface area contributed by atoms with Crippen LogP contribution in [0.3, 0.4) is 0 Å². The molecule has 0 saturated heterocycles. The number of rotatable bonds is 8. The molecule has 4 atom stereocenters. The number of carboxylic acids is 2. The third kappa shape index (κ3) is 4.78. The normalized spacial score (nSPS) is 23.5. The lowest BCUT2D eigenvalue weighted by Gasteiger charge is -2.39. The molecule has 176 valence electrons. The van der Waals surface area contributed by atoms with Gasteiger partial charge in [-0.15, -0.1) is 0 Å². The number of aliphatic carboxylic acids is 2. The Kier molecular flexibility index (Phi) is 6.93. The van der Waals surface area contributed by atoms with E-state index in [4.69, 9.17) is 0 Å². The molecule has 0 bridgehead atoms. The van der Waals surface area contributed by atoms with Gasteiger partial charge in [0.15, 0.2) is 0 Å². The topological polar surface area (TPSA) is 124 Å². The van der Waals surface area contributed by atoms with Crippen molar-refractivity contribution in [3.63, 3.8) is 0 Å². The van der Waals surface area contributed by atoms with E-state index in [1.54, 1.807) is 45.0 Å². The third-order valence-electron chi connectivity index (χ3n) is 7.48. The highest BCUT2D eigenvalue weighted by Crippen LogP contribution is 2.56. The number of hydrogen-bond donors (Lipinski definition) is 4. The lowest BCUT2D eigenvalue weighted by Crippen LogP contribution is -2.53. The molecule has 0 aliphatic heterocycles. The zero-order valence-corrected chi connectivity index (χ0v) is 19.1. The first-order chi connectivity index (χ1) is 15.5. The second kappa shape index (κ2) is 9.35. The first-order valence-electron chi connectivity index (χ1n) is 11.1. The molecule has 0 spiro atoms. The van der Waals surface area contributed by atoms with Crippen molar-refractivity contribution in [3.8, 4) is 0 Å². The number of aliphatic hydroxyl groups is 1. The maximum atomic E-state index is 13.2. The summed E-state index contributed by atoms with van der Waals surface area (Å²) in [6, 6.07) is 15.0. The van der Waals surface area contributed by atoms with Gasteiger partial charge in [-0.1, -0.05) is 75.4 Å². The average molecular weight is 454 g/mol. The molecule has 0 radical (unpaired) electrons. The first kappa shape index (κ1) is 24.5. The highest BCUT2D eigenvalue weighted by Gasteiger charge is 2.58. The minimum Gasteiger partial charge on any atom is -0.481 e. The summed E-state index contributed by atoms with van der Waals surface area (Å²) in [5, 5.41) is 32.4. The zero-order chi connectivity index (χ0) is 24.4. The maximum absolute atomic E-state index is 13.2. The van der Waals surface area contributed by atoms with E-state index >= 15 is 0 Å². The predicted molar refractivity (Wildman–Crippen MR) is 122 cm³/mol. The van der Waals surface area contributed by atoms with Gasteiger partial charge >= 0.3 is 11.9 Å². The summed E-state index contributed by atoms with van der Waals surface area (Å²) in [6.07, 6.45) is 0.0277. The summed E-state index contributed by atoms with van der Waals surface area (Å²) in [5.41, 5.74) is 0.328. The first-order valence-corrected chi connectivity index (χ1v) is 11.1. The molecule has 2 aromatic carbocycles. The fourth-order valence-electron chi connectivity index (χ4n) is 4.76. The highest BCUT2D eigenvalue weighted by molar-refractivity contribution is 5.89. The molecule has 33 heavy (non-hydrogen) atoms. The monoisotopic (exact) mass is 453 g/mol. The number of benzene rings is 2. The smallest absolute Gasteiger partial charge is 0.326 e. The number of aliphatic hydroxyl groups excluding tert-OH is 1. The summed E-state index contributed by atoms with van der Waals surface area (Å²) in [6.45, 7) is 5.22. The Labute approximate surface area is 193 Å². The Morgan fingerprint density at radius 2 is 1.55 bits per heavy atom. The Morgan fingerprint density at radius 3 is 2.06 bits per heavy atom. The van der Waals surface area contributed by atoms with Gasteiger partial charge in [-0.3, -0.25) is 9.59 Å². The lowest BCUT2D eigenvalue weighted by molar-refractivity contribution is -0.151. The highest BCUT2D eigenvalue weighted by atomic mass is 16.4. The van der Waals surface area contributed by atoms with Crippen molar-refractivity contribution in [2.45, 2.75) is 52.2 Å². The molecule has 1 unspecified atom stereocenters. The van der Waals surface area contributed by atoms with Crippen LogP contribution in [0.15, 0.2) is 54.6 Å². The standard InChI is InChI=1S/C26H31NO6/c1-25(2)19(22(29)30)13-14-26(25,3)24(33)27-20(23(31)32)15-16-9-11-18(12-10-16)21(28)17-7-5-4-6-8-17/h4-12,19-21,28H,13-15H2,1-3H3,(H,27,33)(H,29,30)(H,31,32)/t19-,20+,21?,26+/m1/s1. The third-order valence-corrected chi connectivity index (χ3v) is 7.48. The van der Waals surface area contributed by atoms with Gasteiger partial charge in [0.2, 0.25) is 5.91 Å². The molecule has 1 saturated carbocycles. The van der Waals surface area contributed by atoms with Crippen LogP contribution in [0.5, 0.6) is 0 Å². The fraction of sp³-hybridized carbons (Fsp3) is 0.423. The second-order valence-corrected chi connectivity index (χ2v) is 9.61. The van der Waals surface area contributed by atoms with E-state index in [1.165, 1.54) is 0 Å². The van der Waals surface area contributed by atoms with E-state index in [2.05, 4.69) is 5.32 Å². The van der Waals surface area contributed by atoms with Gasteiger partial charge in [0, 0.05) is 6.42 Å². The molecule has 1 fully saturated rings. The van der Waals surface area contributed by atoms with Crippen molar-refractivity contribution in [2.24, 2.45) is 16.7 Å². The summed E-state index contributed by atoms with van der Waals surface area (Å²) in [7, 11) is 0. The SMILES string of the molecule is CC1(C)[C@@H](C(=O)O)CC[C@@]1(C)C(=O)N[C@@H](Cc1ccc(C(O)c2ccccc2)cc1)C(=O)O. The van der Waals surface area contributed by atoms with Crippen LogP contribution >= 0.6 is 0 Å². The van der Waals surface area contributed by atoms with Gasteiger partial charge in [0.1, 0.15) is 12.1 Å². The minimum absolute atomic E-state index is 0.0711. The number of carbonyl (C=O) groups excluding carboxylic acids is 1. The van der Waals surface area contributed by atoms with Crippen molar-refractivity contribution < 1.29 is 29.7 Å². The average Bonchev–Trinajstić information content (AvgIpc) is 3.03. The van der Waals surface area contributed by atoms with E-state index in [9.17, 15) is 29.7 Å². The van der Waals surface area contributed by atoms with Crippen molar-refractivity contribution in [3.05, 3.63) is 71.3 Å². The minimum atomic E-state index is -1.16. The number of amides is 1. The summed E-state index contributed by atoms with van der Waals surface area (Å²) >= 11 is 0. The van der Waals surface area contributed by atoms with Crippen molar-refractivity contribution in [1.82, 2.24) is 5.32 Å². The molecule has 7 nitrogen and oxygen atoms in total. The maximum Gasteiger partial charge on any atom is 0.326 e. The second-order valence-electron chi connectivity index (χ2n) is 9.61. The van der Waals surface area contributed by atoms with E-state index in [0.717, 1.165) is 5.56 Å². The van der Waals surface area contributed by atoms with Crippen molar-refractivity contribution >= 4 is 17.8 Å². The van der Waals surface area contributed by atoms with Crippen LogP contribution < -0.4 is 5.32 Å². The quantitative estimate of drug-likeness (QED) is 0.486. The number of nitrogens with one attached hydrogen (secondary N) is 1. The molecule has 7 heteroatoms. The molecule has 0 heterocycles. The lowest BCUT2D eigenvalue weighted by atomic mass is 9.65. The zero-order valence-electron chi connectivity index (χ0n) is 19.1. The summed E-state index contributed by atoms with van der Waals surface area (Å²) in [4.78, 5) is 36.7. The van der Waals surface area contributed by atoms with Crippen LogP contribution in [-0.4, -0.2) is 39.2 Å². The Bertz CT molecular complexity index is 1020. The molecule has 1 aliphatic carbocycles. The number of carbonyl (C=O) groups is 3. The molecule has 4 N–H and O–H groups in total. The van der Waals surface area contributed by atoms with Crippen molar-refractivity contribution in [1.29, 1.82) is 0 Å². The molecular formula is C26H31NO6. The van der Waals surface area contributed by atoms with Crippen LogP contribution in [0, 0.1) is 16.7 Å².